The van der Waals surface area contributed by atoms with Crippen LogP contribution in [0.5, 0.6) is 0 Å². The fourth-order valence-corrected chi connectivity index (χ4v) is 3.05. The Bertz CT molecular complexity index is 924. The summed E-state index contributed by atoms with van der Waals surface area (Å²) in [5, 5.41) is 16.2. The van der Waals surface area contributed by atoms with Crippen molar-refractivity contribution in [2.75, 3.05) is 16.8 Å². The summed E-state index contributed by atoms with van der Waals surface area (Å²) in [5.74, 6) is 1.34. The predicted molar refractivity (Wildman–Crippen MR) is 91.4 cm³/mol. The first kappa shape index (κ1) is 14.9. The van der Waals surface area contributed by atoms with Crippen molar-refractivity contribution < 1.29 is 4.79 Å². The third-order valence-corrected chi connectivity index (χ3v) is 4.30. The number of aryl methyl sites for hydroxylation is 1. The second-order valence-corrected chi connectivity index (χ2v) is 6.13. The third kappa shape index (κ3) is 2.56. The first-order valence-corrected chi connectivity index (χ1v) is 8.02. The Morgan fingerprint density at radius 1 is 1.25 bits per heavy atom. The number of rotatable bonds is 3. The lowest BCUT2D eigenvalue weighted by Gasteiger charge is -2.17. The number of aromatic nitrogens is 4. The number of hydrogen-bond acceptors (Lipinski definition) is 5. The Labute approximate surface area is 143 Å². The van der Waals surface area contributed by atoms with Gasteiger partial charge in [0.15, 0.2) is 11.5 Å². The number of benzene rings is 1. The molecule has 3 aromatic rings. The van der Waals surface area contributed by atoms with E-state index in [1.165, 1.54) is 0 Å². The molecule has 1 N–H and O–H groups in total. The molecular formula is C16H15ClN6O. The number of nitrogens with zero attached hydrogens (tertiary/aromatic N) is 5. The summed E-state index contributed by atoms with van der Waals surface area (Å²) >= 11 is 6.02. The Morgan fingerprint density at radius 3 is 2.96 bits per heavy atom. The van der Waals surface area contributed by atoms with E-state index in [9.17, 15) is 4.79 Å². The van der Waals surface area contributed by atoms with Crippen LogP contribution in [0.25, 0.3) is 5.65 Å². The molecule has 0 spiro atoms. The summed E-state index contributed by atoms with van der Waals surface area (Å²) in [4.78, 5) is 14.4. The zero-order valence-electron chi connectivity index (χ0n) is 13.0. The average molecular weight is 343 g/mol. The van der Waals surface area contributed by atoms with E-state index in [4.69, 9.17) is 11.6 Å². The molecule has 1 atom stereocenters. The van der Waals surface area contributed by atoms with Crippen LogP contribution in [0.4, 0.5) is 11.5 Å². The lowest BCUT2D eigenvalue weighted by molar-refractivity contribution is -0.117. The van der Waals surface area contributed by atoms with Crippen LogP contribution in [0.15, 0.2) is 36.4 Å². The molecule has 0 saturated carbocycles. The fraction of sp³-hybridized carbons (Fsp3) is 0.250. The van der Waals surface area contributed by atoms with Gasteiger partial charge in [-0.15, -0.1) is 15.3 Å². The second-order valence-electron chi connectivity index (χ2n) is 5.69. The highest BCUT2D eigenvalue weighted by Crippen LogP contribution is 2.25. The summed E-state index contributed by atoms with van der Waals surface area (Å²) in [6, 6.07) is 10.6. The normalized spacial score (nSPS) is 17.7. The van der Waals surface area contributed by atoms with Gasteiger partial charge in [0.05, 0.1) is 0 Å². The van der Waals surface area contributed by atoms with E-state index < -0.39 is 0 Å². The van der Waals surface area contributed by atoms with Crippen molar-refractivity contribution in [3.8, 4) is 0 Å². The molecular weight excluding hydrogens is 328 g/mol. The van der Waals surface area contributed by atoms with Gasteiger partial charge in [-0.05, 0) is 43.7 Å². The predicted octanol–water partition coefficient (Wildman–Crippen LogP) is 2.30. The quantitative estimate of drug-likeness (QED) is 0.790. The first-order valence-electron chi connectivity index (χ1n) is 7.64. The van der Waals surface area contributed by atoms with Crippen molar-refractivity contribution in [1.29, 1.82) is 0 Å². The molecule has 0 unspecified atom stereocenters. The van der Waals surface area contributed by atoms with Crippen LogP contribution in [0.1, 0.15) is 12.2 Å². The summed E-state index contributed by atoms with van der Waals surface area (Å²) in [6.07, 6.45) is 0.701. The van der Waals surface area contributed by atoms with E-state index in [0.717, 1.165) is 5.69 Å². The molecule has 1 aromatic carbocycles. The average Bonchev–Trinajstić information content (AvgIpc) is 3.12. The van der Waals surface area contributed by atoms with E-state index >= 15 is 0 Å². The Morgan fingerprint density at radius 2 is 2.12 bits per heavy atom. The molecule has 0 bridgehead atoms. The van der Waals surface area contributed by atoms with Crippen molar-refractivity contribution in [2.24, 2.45) is 0 Å². The van der Waals surface area contributed by atoms with Gasteiger partial charge in [-0.3, -0.25) is 4.79 Å². The van der Waals surface area contributed by atoms with E-state index in [-0.39, 0.29) is 11.9 Å². The Hall–Kier alpha value is -2.67. The van der Waals surface area contributed by atoms with Crippen molar-refractivity contribution in [3.63, 3.8) is 0 Å². The highest BCUT2D eigenvalue weighted by molar-refractivity contribution is 6.31. The first-order chi connectivity index (χ1) is 11.6. The smallest absolute Gasteiger partial charge is 0.249 e. The zero-order valence-corrected chi connectivity index (χ0v) is 13.7. The van der Waals surface area contributed by atoms with Crippen LogP contribution in [-0.2, 0) is 4.79 Å². The van der Waals surface area contributed by atoms with Gasteiger partial charge in [0.2, 0.25) is 5.91 Å². The molecule has 8 heteroatoms. The zero-order chi connectivity index (χ0) is 16.7. The second kappa shape index (κ2) is 5.76. The molecule has 1 aliphatic rings. The molecule has 7 nitrogen and oxygen atoms in total. The molecule has 0 aliphatic carbocycles. The van der Waals surface area contributed by atoms with Crippen molar-refractivity contribution in [3.05, 3.63) is 47.2 Å². The molecule has 24 heavy (non-hydrogen) atoms. The summed E-state index contributed by atoms with van der Waals surface area (Å²) < 4.78 is 1.65. The van der Waals surface area contributed by atoms with E-state index in [1.807, 2.05) is 25.1 Å². The molecule has 1 saturated heterocycles. The van der Waals surface area contributed by atoms with Crippen LogP contribution in [0.2, 0.25) is 5.02 Å². The van der Waals surface area contributed by atoms with Crippen LogP contribution in [-0.4, -0.2) is 38.3 Å². The lowest BCUT2D eigenvalue weighted by Crippen LogP contribution is -2.33. The minimum atomic E-state index is -0.314. The van der Waals surface area contributed by atoms with Gasteiger partial charge in [-0.2, -0.15) is 4.52 Å². The van der Waals surface area contributed by atoms with Gasteiger partial charge in [0.25, 0.3) is 0 Å². The van der Waals surface area contributed by atoms with E-state index in [2.05, 4.69) is 20.6 Å². The lowest BCUT2D eigenvalue weighted by atomic mass is 10.2. The largest absolute Gasteiger partial charge is 0.357 e. The van der Waals surface area contributed by atoms with Crippen LogP contribution in [0.3, 0.4) is 0 Å². The molecule has 2 aromatic heterocycles. The van der Waals surface area contributed by atoms with Gasteiger partial charge in [0.1, 0.15) is 11.9 Å². The van der Waals surface area contributed by atoms with Crippen molar-refractivity contribution in [2.45, 2.75) is 19.4 Å². The monoisotopic (exact) mass is 342 g/mol. The minimum Gasteiger partial charge on any atom is -0.357 e. The standard InChI is InChI=1S/C16H15ClN6O/c1-10-19-20-15-6-5-14(21-23(10)15)18-13-7-8-22(16(13)24)12-4-2-3-11(17)9-12/h2-6,9,13H,7-8H2,1H3,(H,18,21)/t13-/m0/s1. The third-order valence-electron chi connectivity index (χ3n) is 4.07. The summed E-state index contributed by atoms with van der Waals surface area (Å²) in [6.45, 7) is 2.48. The van der Waals surface area contributed by atoms with Crippen molar-refractivity contribution >= 4 is 34.7 Å². The van der Waals surface area contributed by atoms with Crippen molar-refractivity contribution in [1.82, 2.24) is 19.8 Å². The molecule has 122 valence electrons. The van der Waals surface area contributed by atoms with Gasteiger partial charge in [-0.1, -0.05) is 17.7 Å². The number of hydrogen-bond donors (Lipinski definition) is 1. The van der Waals surface area contributed by atoms with Gasteiger partial charge in [-0.25, -0.2) is 0 Å². The number of fused-ring (bicyclic) bond motifs is 1. The Balaban J connectivity index is 1.54. The van der Waals surface area contributed by atoms with Crippen LogP contribution in [0, 0.1) is 6.92 Å². The SMILES string of the molecule is Cc1nnc2ccc(N[C@H]3CCN(c4cccc(Cl)c4)C3=O)nn12. The number of nitrogens with one attached hydrogen (secondary N) is 1. The Kier molecular flexibility index (Phi) is 3.57. The molecule has 1 aliphatic heterocycles. The molecule has 3 heterocycles. The molecule has 1 amide bonds. The van der Waals surface area contributed by atoms with E-state index in [1.54, 1.807) is 27.6 Å². The number of anilines is 2. The maximum atomic E-state index is 12.7. The molecule has 0 radical (unpaired) electrons. The van der Waals surface area contributed by atoms with E-state index in [0.29, 0.717) is 35.3 Å². The number of carbonyl (C=O) groups excluding carboxylic acids is 1. The van der Waals surface area contributed by atoms with Crippen LogP contribution >= 0.6 is 11.6 Å². The number of halogens is 1. The highest BCUT2D eigenvalue weighted by Gasteiger charge is 2.32. The number of carbonyl (C=O) groups is 1. The van der Waals surface area contributed by atoms with Gasteiger partial charge < -0.3 is 10.2 Å². The van der Waals surface area contributed by atoms with Crippen LogP contribution < -0.4 is 10.2 Å². The molecule has 4 rings (SSSR count). The minimum absolute atomic E-state index is 0.0136. The summed E-state index contributed by atoms with van der Waals surface area (Å²) in [7, 11) is 0. The molecule has 1 fully saturated rings. The summed E-state index contributed by atoms with van der Waals surface area (Å²) in [5.41, 5.74) is 1.49. The van der Waals surface area contributed by atoms with Gasteiger partial charge in [0, 0.05) is 17.3 Å². The topological polar surface area (TPSA) is 75.4 Å². The maximum absolute atomic E-state index is 12.7. The highest BCUT2D eigenvalue weighted by atomic mass is 35.5. The fourth-order valence-electron chi connectivity index (χ4n) is 2.87. The maximum Gasteiger partial charge on any atom is 0.249 e. The van der Waals surface area contributed by atoms with Gasteiger partial charge >= 0.3 is 0 Å². The number of amides is 1.